The highest BCUT2D eigenvalue weighted by molar-refractivity contribution is 7.91. The van der Waals surface area contributed by atoms with Crippen LogP contribution in [0.25, 0.3) is 0 Å². The minimum Gasteiger partial charge on any atom is -0.444 e. The number of nitrogens with zero attached hydrogens (tertiary/aromatic N) is 3. The fourth-order valence-electron chi connectivity index (χ4n) is 9.03. The molecule has 0 bridgehead atoms. The first-order valence-electron chi connectivity index (χ1n) is 25.2. The molecule has 3 saturated heterocycles. The van der Waals surface area contributed by atoms with Gasteiger partial charge in [0.15, 0.2) is 9.84 Å². The van der Waals surface area contributed by atoms with Gasteiger partial charge in [-0.15, -0.1) is 0 Å². The molecule has 2 aromatic rings. The molecule has 2 aromatic carbocycles. The molecule has 3 aliphatic rings. The van der Waals surface area contributed by atoms with Crippen LogP contribution in [0.4, 0.5) is 14.4 Å². The molecule has 3 heterocycles. The highest BCUT2D eigenvalue weighted by Gasteiger charge is 2.50. The van der Waals surface area contributed by atoms with Gasteiger partial charge in [-0.05, 0) is 97.1 Å². The number of benzene rings is 2. The van der Waals surface area contributed by atoms with Crippen LogP contribution in [-0.2, 0) is 51.3 Å². The topological polar surface area (TPSA) is 242 Å². The maximum atomic E-state index is 14.5. The van der Waals surface area contributed by atoms with Gasteiger partial charge in [-0.25, -0.2) is 22.8 Å². The van der Waals surface area contributed by atoms with E-state index in [9.17, 15) is 42.0 Å². The normalized spacial score (nSPS) is 17.6. The smallest absolute Gasteiger partial charge is 0.408 e. The Labute approximate surface area is 425 Å². The molecule has 5 rings (SSSR count). The van der Waals surface area contributed by atoms with E-state index in [1.807, 2.05) is 74.5 Å². The molecule has 72 heavy (non-hydrogen) atoms. The Kier molecular flexibility index (Phi) is 19.5. The summed E-state index contributed by atoms with van der Waals surface area (Å²) in [6, 6.07) is 13.6. The number of urea groups is 1. The van der Waals surface area contributed by atoms with Crippen LogP contribution in [0.15, 0.2) is 60.7 Å². The number of unbranched alkanes of at least 4 members (excludes halogenated alkanes) is 1. The average molecular weight is 1020 g/mol. The number of amides is 8. The van der Waals surface area contributed by atoms with Crippen LogP contribution >= 0.6 is 0 Å². The largest absolute Gasteiger partial charge is 0.444 e. The van der Waals surface area contributed by atoms with E-state index in [2.05, 4.69) is 26.6 Å². The molecule has 0 radical (unpaired) electrons. The van der Waals surface area contributed by atoms with E-state index in [0.29, 0.717) is 51.9 Å². The first kappa shape index (κ1) is 57.0. The minimum atomic E-state index is -3.22. The Hall–Kier alpha value is -5.92. The number of carbonyl (C=O) groups excluding carboxylic acids is 7. The molecule has 0 aliphatic carbocycles. The summed E-state index contributed by atoms with van der Waals surface area (Å²) in [5.74, 6) is -2.23. The predicted octanol–water partition coefficient (Wildman–Crippen LogP) is 4.33. The fourth-order valence-corrected chi connectivity index (χ4v) is 9.93. The second kappa shape index (κ2) is 24.7. The Bertz CT molecular complexity index is 2300. The quantitative estimate of drug-likeness (QED) is 0.117. The first-order valence-corrected chi connectivity index (χ1v) is 27.1. The highest BCUT2D eigenvalue weighted by atomic mass is 32.2. The van der Waals surface area contributed by atoms with Crippen molar-refractivity contribution < 1.29 is 51.5 Å². The van der Waals surface area contributed by atoms with Gasteiger partial charge in [0, 0.05) is 70.3 Å². The van der Waals surface area contributed by atoms with E-state index in [1.165, 1.54) is 6.26 Å². The number of nitrogens with one attached hydrogen (secondary N) is 5. The Balaban J connectivity index is 1.29. The molecule has 0 saturated carbocycles. The lowest BCUT2D eigenvalue weighted by Crippen LogP contribution is -2.68. The highest BCUT2D eigenvalue weighted by Crippen LogP contribution is 2.41. The van der Waals surface area contributed by atoms with Crippen molar-refractivity contribution in [1.82, 2.24) is 41.3 Å². The van der Waals surface area contributed by atoms with E-state index in [-0.39, 0.29) is 68.6 Å². The summed E-state index contributed by atoms with van der Waals surface area (Å²) >= 11 is 0. The maximum Gasteiger partial charge on any atom is 0.408 e. The molecule has 4 atom stereocenters. The van der Waals surface area contributed by atoms with Gasteiger partial charge in [0.25, 0.3) is 0 Å². The number of likely N-dealkylation sites (tertiary alicyclic amines) is 3. The van der Waals surface area contributed by atoms with Crippen molar-refractivity contribution in [1.29, 1.82) is 0 Å². The molecule has 8 amide bonds. The second-order valence-electron chi connectivity index (χ2n) is 22.1. The Morgan fingerprint density at radius 1 is 0.639 bits per heavy atom. The minimum absolute atomic E-state index is 0.0572. The van der Waals surface area contributed by atoms with E-state index in [1.54, 1.807) is 56.2 Å². The zero-order valence-electron chi connectivity index (χ0n) is 43.6. The number of alkyl carbamates (subject to hydrolysis) is 2. The number of hydrogen-bond acceptors (Lipinski definition) is 11. The standard InChI is InChI=1S/C52H78N8O11S/c1-35(2)28-40(55-44(62)41(29-36-18-12-10-13-19-36)56-45(63)42(30-37-20-14-11-15-21-37)57-48(66)71-51(6,7)8)43(61)54-39(22-16-17-25-53-47(65)70-50(3,4)5)46(64)58-26-23-52(24-27-58)33-60(34-52)49(67)59-31-38(32-59)72(9,68)69/h10-15,18-21,35,38-42H,16-17,22-34H2,1-9H3,(H,53,65)(H,54,61)(H,55,62)(H,56,63)(H,57,66)/t39-,40-,41-,42?/m1/s1. The molecule has 398 valence electrons. The summed E-state index contributed by atoms with van der Waals surface area (Å²) in [4.78, 5) is 101. The number of hydrogen-bond donors (Lipinski definition) is 5. The predicted molar refractivity (Wildman–Crippen MR) is 272 cm³/mol. The fraction of sp³-hybridized carbons (Fsp3) is 0.635. The van der Waals surface area contributed by atoms with Crippen molar-refractivity contribution in [3.8, 4) is 0 Å². The molecule has 19 nitrogen and oxygen atoms in total. The summed E-state index contributed by atoms with van der Waals surface area (Å²) in [6.07, 6.45) is 2.60. The van der Waals surface area contributed by atoms with Crippen molar-refractivity contribution in [3.63, 3.8) is 0 Å². The number of ether oxygens (including phenoxy) is 2. The van der Waals surface area contributed by atoms with Gasteiger partial charge in [-0.1, -0.05) is 74.5 Å². The lowest BCUT2D eigenvalue weighted by molar-refractivity contribution is -0.141. The number of piperidine rings is 1. The Morgan fingerprint density at radius 2 is 1.11 bits per heavy atom. The van der Waals surface area contributed by atoms with Crippen LogP contribution in [0, 0.1) is 11.3 Å². The lowest BCUT2D eigenvalue weighted by Gasteiger charge is -2.55. The summed E-state index contributed by atoms with van der Waals surface area (Å²) in [5, 5.41) is 13.6. The number of sulfone groups is 1. The van der Waals surface area contributed by atoms with Crippen LogP contribution in [0.1, 0.15) is 105 Å². The molecule has 1 spiro atoms. The number of rotatable bonds is 20. The molecular formula is C52H78N8O11S. The number of carbonyl (C=O) groups is 7. The molecule has 20 heteroatoms. The monoisotopic (exact) mass is 1020 g/mol. The molecule has 0 aromatic heterocycles. The zero-order chi connectivity index (χ0) is 53.0. The van der Waals surface area contributed by atoms with Crippen molar-refractivity contribution >= 4 is 51.7 Å². The van der Waals surface area contributed by atoms with Crippen LogP contribution in [-0.4, -0.2) is 158 Å². The first-order chi connectivity index (χ1) is 33.7. The van der Waals surface area contributed by atoms with E-state index >= 15 is 0 Å². The molecule has 3 aliphatic heterocycles. The molecular weight excluding hydrogens is 945 g/mol. The zero-order valence-corrected chi connectivity index (χ0v) is 44.4. The summed E-state index contributed by atoms with van der Waals surface area (Å²) in [5.41, 5.74) is -0.201. The third kappa shape index (κ3) is 17.7. The molecule has 1 unspecified atom stereocenters. The van der Waals surface area contributed by atoms with Gasteiger partial charge in [-0.2, -0.15) is 0 Å². The SMILES string of the molecule is CC(C)C[C@@H](NC(=O)[C@@H](Cc1ccccc1)NC(=O)C(Cc1ccccc1)NC(=O)OC(C)(C)C)C(=O)N[C@H](CCCCNC(=O)OC(C)(C)C)C(=O)N1CCC2(CC1)CN(C(=O)N1CC(S(C)(=O)=O)C1)C2. The van der Waals surface area contributed by atoms with Crippen molar-refractivity contribution in [2.24, 2.45) is 11.3 Å². The van der Waals surface area contributed by atoms with Gasteiger partial charge in [0.2, 0.25) is 23.6 Å². The summed E-state index contributed by atoms with van der Waals surface area (Å²) in [6.45, 7) is 16.7. The summed E-state index contributed by atoms with van der Waals surface area (Å²) in [7, 11) is -3.22. The van der Waals surface area contributed by atoms with Gasteiger partial charge < -0.3 is 50.8 Å². The van der Waals surface area contributed by atoms with E-state index in [4.69, 9.17) is 9.47 Å². The molecule has 3 fully saturated rings. The van der Waals surface area contributed by atoms with E-state index < -0.39 is 80.4 Å². The Morgan fingerprint density at radius 3 is 1.61 bits per heavy atom. The third-order valence-corrected chi connectivity index (χ3v) is 14.4. The van der Waals surface area contributed by atoms with Crippen molar-refractivity contribution in [2.45, 2.75) is 147 Å². The van der Waals surface area contributed by atoms with Crippen molar-refractivity contribution in [2.75, 3.05) is 52.1 Å². The third-order valence-electron chi connectivity index (χ3n) is 12.9. The maximum absolute atomic E-state index is 14.5. The van der Waals surface area contributed by atoms with Crippen LogP contribution in [0.3, 0.4) is 0 Å². The van der Waals surface area contributed by atoms with Crippen LogP contribution in [0.5, 0.6) is 0 Å². The van der Waals surface area contributed by atoms with Gasteiger partial charge in [0.1, 0.15) is 35.4 Å². The van der Waals surface area contributed by atoms with E-state index in [0.717, 1.165) is 11.1 Å². The summed E-state index contributed by atoms with van der Waals surface area (Å²) < 4.78 is 34.6. The second-order valence-corrected chi connectivity index (χ2v) is 24.5. The lowest BCUT2D eigenvalue weighted by atomic mass is 9.72. The van der Waals surface area contributed by atoms with Crippen LogP contribution < -0.4 is 26.6 Å². The van der Waals surface area contributed by atoms with Gasteiger partial charge in [0.05, 0.1) is 5.25 Å². The molecule has 5 N–H and O–H groups in total. The van der Waals surface area contributed by atoms with Gasteiger partial charge >= 0.3 is 18.2 Å². The average Bonchev–Trinajstić information content (AvgIpc) is 3.25. The van der Waals surface area contributed by atoms with Gasteiger partial charge in [-0.3, -0.25) is 19.2 Å². The van der Waals surface area contributed by atoms with Crippen LogP contribution in [0.2, 0.25) is 0 Å². The van der Waals surface area contributed by atoms with Crippen molar-refractivity contribution in [3.05, 3.63) is 71.8 Å².